The normalized spacial score (nSPS) is 18.8. The molecule has 5 rings (SSSR count). The predicted molar refractivity (Wildman–Crippen MR) is 118 cm³/mol. The van der Waals surface area contributed by atoms with Gasteiger partial charge in [0.1, 0.15) is 5.52 Å². The third-order valence-electron chi connectivity index (χ3n) is 6.42. The Morgan fingerprint density at radius 2 is 1.70 bits per heavy atom. The SMILES string of the molecule is Nc1nc(N2CCC(N3CCOCC3)CC2)nc2c1ncn2Cc1ccc(C(F)(F)F)cc1. The number of benzene rings is 1. The van der Waals surface area contributed by atoms with E-state index in [9.17, 15) is 13.2 Å². The van der Waals surface area contributed by atoms with Crippen molar-refractivity contribution in [3.63, 3.8) is 0 Å². The van der Waals surface area contributed by atoms with Gasteiger partial charge in [-0.25, -0.2) is 4.98 Å². The highest BCUT2D eigenvalue weighted by Gasteiger charge is 2.30. The van der Waals surface area contributed by atoms with Crippen molar-refractivity contribution >= 4 is 22.9 Å². The fraction of sp³-hybridized carbons (Fsp3) is 0.500. The van der Waals surface area contributed by atoms with Gasteiger partial charge in [-0.15, -0.1) is 0 Å². The van der Waals surface area contributed by atoms with Gasteiger partial charge in [0.15, 0.2) is 11.5 Å². The van der Waals surface area contributed by atoms with Gasteiger partial charge in [0.25, 0.3) is 0 Å². The van der Waals surface area contributed by atoms with E-state index in [1.54, 1.807) is 10.9 Å². The molecule has 11 heteroatoms. The molecular formula is C22H26F3N7O. The third kappa shape index (κ3) is 4.60. The summed E-state index contributed by atoms with van der Waals surface area (Å²) in [5.74, 6) is 0.867. The van der Waals surface area contributed by atoms with Crippen LogP contribution in [-0.2, 0) is 17.5 Å². The largest absolute Gasteiger partial charge is 0.416 e. The van der Waals surface area contributed by atoms with E-state index in [2.05, 4.69) is 19.8 Å². The lowest BCUT2D eigenvalue weighted by Gasteiger charge is -2.40. The number of alkyl halides is 3. The molecule has 0 amide bonds. The molecule has 4 heterocycles. The number of halogens is 3. The van der Waals surface area contributed by atoms with Crippen molar-refractivity contribution in [3.8, 4) is 0 Å². The standard InChI is InChI=1S/C22H26F3N7O/c23-22(24,25)16-3-1-15(2-4-16)13-32-14-27-18-19(26)28-21(29-20(18)32)31-7-5-17(6-8-31)30-9-11-33-12-10-30/h1-4,14,17H,5-13H2,(H2,26,28,29). The van der Waals surface area contributed by atoms with Crippen molar-refractivity contribution in [3.05, 3.63) is 41.7 Å². The molecule has 33 heavy (non-hydrogen) atoms. The molecule has 8 nitrogen and oxygen atoms in total. The quantitative estimate of drug-likeness (QED) is 0.640. The monoisotopic (exact) mass is 461 g/mol. The van der Waals surface area contributed by atoms with Crippen molar-refractivity contribution in [2.45, 2.75) is 31.6 Å². The molecule has 1 aromatic carbocycles. The summed E-state index contributed by atoms with van der Waals surface area (Å²) in [6.45, 7) is 5.54. The number of anilines is 2. The minimum Gasteiger partial charge on any atom is -0.382 e. The number of rotatable bonds is 4. The van der Waals surface area contributed by atoms with Crippen LogP contribution >= 0.6 is 0 Å². The minimum atomic E-state index is -4.36. The van der Waals surface area contributed by atoms with Crippen LogP contribution < -0.4 is 10.6 Å². The fourth-order valence-corrected chi connectivity index (χ4v) is 4.58. The third-order valence-corrected chi connectivity index (χ3v) is 6.42. The zero-order valence-corrected chi connectivity index (χ0v) is 18.1. The lowest BCUT2D eigenvalue weighted by atomic mass is 10.0. The number of fused-ring (bicyclic) bond motifs is 1. The van der Waals surface area contributed by atoms with Gasteiger partial charge in [0, 0.05) is 32.2 Å². The average Bonchev–Trinajstić information content (AvgIpc) is 3.23. The van der Waals surface area contributed by atoms with E-state index in [1.165, 1.54) is 12.1 Å². The Balaban J connectivity index is 1.33. The molecule has 0 radical (unpaired) electrons. The van der Waals surface area contributed by atoms with Crippen molar-refractivity contribution in [2.75, 3.05) is 50.0 Å². The highest BCUT2D eigenvalue weighted by Crippen LogP contribution is 2.30. The zero-order valence-electron chi connectivity index (χ0n) is 18.1. The molecular weight excluding hydrogens is 435 g/mol. The maximum Gasteiger partial charge on any atom is 0.416 e. The number of aromatic nitrogens is 4. The van der Waals surface area contributed by atoms with Gasteiger partial charge in [-0.3, -0.25) is 4.90 Å². The zero-order chi connectivity index (χ0) is 23.0. The summed E-state index contributed by atoms with van der Waals surface area (Å²) < 4.78 is 45.8. The van der Waals surface area contributed by atoms with Crippen LogP contribution in [0.1, 0.15) is 24.0 Å². The predicted octanol–water partition coefficient (Wildman–Crippen LogP) is 2.78. The first-order valence-corrected chi connectivity index (χ1v) is 11.1. The number of nitrogen functional groups attached to an aromatic ring is 1. The topological polar surface area (TPSA) is 85.3 Å². The van der Waals surface area contributed by atoms with Gasteiger partial charge in [-0.2, -0.15) is 23.1 Å². The fourth-order valence-electron chi connectivity index (χ4n) is 4.58. The summed E-state index contributed by atoms with van der Waals surface area (Å²) in [4.78, 5) is 18.2. The van der Waals surface area contributed by atoms with Gasteiger partial charge >= 0.3 is 6.18 Å². The van der Waals surface area contributed by atoms with E-state index >= 15 is 0 Å². The molecule has 2 fully saturated rings. The number of piperidine rings is 1. The van der Waals surface area contributed by atoms with Crippen LogP contribution in [0.4, 0.5) is 24.9 Å². The van der Waals surface area contributed by atoms with Crippen LogP contribution in [0.5, 0.6) is 0 Å². The Kier molecular flexibility index (Phi) is 5.83. The molecule has 2 aromatic heterocycles. The summed E-state index contributed by atoms with van der Waals surface area (Å²) in [6.07, 6.45) is -0.716. The molecule has 0 unspecified atom stereocenters. The highest BCUT2D eigenvalue weighted by molar-refractivity contribution is 5.83. The summed E-state index contributed by atoms with van der Waals surface area (Å²) in [7, 11) is 0. The van der Waals surface area contributed by atoms with Crippen LogP contribution in [0.25, 0.3) is 11.2 Å². The average molecular weight is 461 g/mol. The van der Waals surface area contributed by atoms with Crippen molar-refractivity contribution in [2.24, 2.45) is 0 Å². The number of nitrogens with zero attached hydrogens (tertiary/aromatic N) is 6. The number of imidazole rings is 1. The summed E-state index contributed by atoms with van der Waals surface area (Å²) in [5.41, 5.74) is 7.30. The number of ether oxygens (including phenoxy) is 1. The summed E-state index contributed by atoms with van der Waals surface area (Å²) >= 11 is 0. The Morgan fingerprint density at radius 1 is 1.00 bits per heavy atom. The number of hydrogen-bond acceptors (Lipinski definition) is 7. The van der Waals surface area contributed by atoms with Gasteiger partial charge in [-0.1, -0.05) is 12.1 Å². The van der Waals surface area contributed by atoms with E-state index in [-0.39, 0.29) is 0 Å². The smallest absolute Gasteiger partial charge is 0.382 e. The van der Waals surface area contributed by atoms with E-state index in [0.717, 1.165) is 64.4 Å². The van der Waals surface area contributed by atoms with Crippen LogP contribution in [-0.4, -0.2) is 69.9 Å². The Morgan fingerprint density at radius 3 is 2.36 bits per heavy atom. The van der Waals surface area contributed by atoms with Crippen molar-refractivity contribution < 1.29 is 17.9 Å². The van der Waals surface area contributed by atoms with E-state index < -0.39 is 11.7 Å². The molecule has 3 aromatic rings. The van der Waals surface area contributed by atoms with Gasteiger partial charge in [-0.05, 0) is 30.5 Å². The van der Waals surface area contributed by atoms with E-state index in [1.807, 2.05) is 0 Å². The molecule has 0 atom stereocenters. The molecule has 0 bridgehead atoms. The summed E-state index contributed by atoms with van der Waals surface area (Å²) in [6, 6.07) is 5.65. The van der Waals surface area contributed by atoms with Gasteiger partial charge in [0.05, 0.1) is 31.6 Å². The first kappa shape index (κ1) is 21.9. The number of hydrogen-bond donors (Lipinski definition) is 1. The highest BCUT2D eigenvalue weighted by atomic mass is 19.4. The Labute approximate surface area is 189 Å². The second-order valence-electron chi connectivity index (χ2n) is 8.51. The van der Waals surface area contributed by atoms with Gasteiger partial charge < -0.3 is 19.9 Å². The Hall–Kier alpha value is -2.92. The molecule has 2 aliphatic rings. The number of nitrogens with two attached hydrogens (primary N) is 1. The number of morpholine rings is 1. The van der Waals surface area contributed by atoms with Crippen LogP contribution in [0.2, 0.25) is 0 Å². The molecule has 0 aliphatic carbocycles. The molecule has 176 valence electrons. The van der Waals surface area contributed by atoms with E-state index in [0.29, 0.717) is 41.1 Å². The molecule has 2 N–H and O–H groups in total. The van der Waals surface area contributed by atoms with E-state index in [4.69, 9.17) is 15.5 Å². The maximum absolute atomic E-state index is 12.8. The molecule has 0 saturated carbocycles. The second kappa shape index (κ2) is 8.79. The lowest BCUT2D eigenvalue weighted by Crippen LogP contribution is -2.49. The first-order chi connectivity index (χ1) is 15.9. The summed E-state index contributed by atoms with van der Waals surface area (Å²) in [5, 5.41) is 0. The van der Waals surface area contributed by atoms with Crippen LogP contribution in [0.3, 0.4) is 0 Å². The molecule has 2 saturated heterocycles. The van der Waals surface area contributed by atoms with Crippen molar-refractivity contribution in [1.29, 1.82) is 0 Å². The molecule has 0 spiro atoms. The minimum absolute atomic E-state index is 0.302. The molecule has 2 aliphatic heterocycles. The van der Waals surface area contributed by atoms with Gasteiger partial charge in [0.2, 0.25) is 5.95 Å². The maximum atomic E-state index is 12.8. The lowest BCUT2D eigenvalue weighted by molar-refractivity contribution is -0.137. The van der Waals surface area contributed by atoms with Crippen LogP contribution in [0, 0.1) is 0 Å². The van der Waals surface area contributed by atoms with Crippen molar-refractivity contribution in [1.82, 2.24) is 24.4 Å². The Bertz CT molecular complexity index is 1100. The van der Waals surface area contributed by atoms with Crippen LogP contribution in [0.15, 0.2) is 30.6 Å². The second-order valence-corrected chi connectivity index (χ2v) is 8.51. The first-order valence-electron chi connectivity index (χ1n) is 11.1.